The van der Waals surface area contributed by atoms with E-state index in [-0.39, 0.29) is 0 Å². The van der Waals surface area contributed by atoms with Crippen LogP contribution in [0.15, 0.2) is 53.4 Å². The first kappa shape index (κ1) is 16.6. The summed E-state index contributed by atoms with van der Waals surface area (Å²) in [7, 11) is 0. The summed E-state index contributed by atoms with van der Waals surface area (Å²) in [4.78, 5) is 12.1. The summed E-state index contributed by atoms with van der Waals surface area (Å²) in [6.45, 7) is 2.91. The van der Waals surface area contributed by atoms with Gasteiger partial charge in [0.1, 0.15) is 0 Å². The lowest BCUT2D eigenvalue weighted by Gasteiger charge is -2.16. The molecule has 2 N–H and O–H groups in total. The second kappa shape index (κ2) is 8.01. The van der Waals surface area contributed by atoms with Crippen LogP contribution in [-0.4, -0.2) is 23.4 Å². The van der Waals surface area contributed by atoms with Crippen molar-refractivity contribution in [1.29, 1.82) is 0 Å². The molecule has 0 heterocycles. The van der Waals surface area contributed by atoms with Crippen LogP contribution in [0, 0.1) is 0 Å². The fraction of sp³-hybridized carbons (Fsp3) is 0.278. The van der Waals surface area contributed by atoms with E-state index in [1.165, 1.54) is 10.5 Å². The lowest BCUT2D eigenvalue weighted by molar-refractivity contribution is 0.0697. The van der Waals surface area contributed by atoms with Gasteiger partial charge in [0.05, 0.1) is 5.56 Å². The Balaban J connectivity index is 1.89. The number of benzene rings is 2. The van der Waals surface area contributed by atoms with Gasteiger partial charge in [-0.3, -0.25) is 0 Å². The molecule has 1 unspecified atom stereocenters. The van der Waals surface area contributed by atoms with E-state index < -0.39 is 5.97 Å². The molecule has 0 amide bonds. The molecule has 0 spiro atoms. The smallest absolute Gasteiger partial charge is 0.335 e. The number of hydrogen-bond acceptors (Lipinski definition) is 3. The van der Waals surface area contributed by atoms with Gasteiger partial charge < -0.3 is 10.4 Å². The molecule has 4 heteroatoms. The Morgan fingerprint density at radius 3 is 2.50 bits per heavy atom. The Morgan fingerprint density at radius 1 is 1.18 bits per heavy atom. The molecule has 2 rings (SSSR count). The maximum Gasteiger partial charge on any atom is 0.335 e. The number of aromatic carboxylic acids is 1. The van der Waals surface area contributed by atoms with Crippen molar-refractivity contribution in [2.45, 2.75) is 30.8 Å². The van der Waals surface area contributed by atoms with Crippen molar-refractivity contribution in [3.8, 4) is 0 Å². The van der Waals surface area contributed by atoms with Gasteiger partial charge in [0.2, 0.25) is 0 Å². The summed E-state index contributed by atoms with van der Waals surface area (Å²) in [5.74, 6) is -0.887. The Bertz CT molecular complexity index is 625. The van der Waals surface area contributed by atoms with Gasteiger partial charge in [-0.25, -0.2) is 4.79 Å². The van der Waals surface area contributed by atoms with Crippen LogP contribution >= 0.6 is 11.8 Å². The number of carboxylic acids is 1. The monoisotopic (exact) mass is 315 g/mol. The van der Waals surface area contributed by atoms with E-state index in [4.69, 9.17) is 5.11 Å². The fourth-order valence-electron chi connectivity index (χ4n) is 2.33. The Hall–Kier alpha value is -1.78. The molecule has 0 aliphatic rings. The van der Waals surface area contributed by atoms with Gasteiger partial charge >= 0.3 is 5.97 Å². The molecule has 1 atom stereocenters. The maximum absolute atomic E-state index is 10.8. The van der Waals surface area contributed by atoms with Crippen molar-refractivity contribution in [3.05, 3.63) is 65.2 Å². The van der Waals surface area contributed by atoms with E-state index in [9.17, 15) is 4.79 Å². The highest BCUT2D eigenvalue weighted by Crippen LogP contribution is 2.21. The minimum atomic E-state index is -0.887. The highest BCUT2D eigenvalue weighted by Gasteiger charge is 2.07. The lowest BCUT2D eigenvalue weighted by Crippen LogP contribution is -2.27. The van der Waals surface area contributed by atoms with Crippen LogP contribution in [0.3, 0.4) is 0 Å². The molecule has 116 valence electrons. The molecule has 0 bridgehead atoms. The third kappa shape index (κ3) is 4.61. The first-order valence-corrected chi connectivity index (χ1v) is 8.50. The standard InChI is InChI=1S/C18H21NO2S/c1-13(11-16-5-3-4-6-17(16)22-2)19-12-14-7-9-15(10-8-14)18(20)21/h3-10,13,19H,11-12H2,1-2H3,(H,20,21). The highest BCUT2D eigenvalue weighted by atomic mass is 32.2. The fourth-order valence-corrected chi connectivity index (χ4v) is 2.96. The number of thioether (sulfide) groups is 1. The number of nitrogens with one attached hydrogen (secondary N) is 1. The average Bonchev–Trinajstić information content (AvgIpc) is 2.54. The van der Waals surface area contributed by atoms with Gasteiger partial charge in [0.25, 0.3) is 0 Å². The average molecular weight is 315 g/mol. The molecule has 2 aromatic carbocycles. The van der Waals surface area contributed by atoms with E-state index >= 15 is 0 Å². The molecule has 0 saturated carbocycles. The molecular weight excluding hydrogens is 294 g/mol. The zero-order valence-electron chi connectivity index (χ0n) is 12.9. The van der Waals surface area contributed by atoms with Crippen molar-refractivity contribution in [2.24, 2.45) is 0 Å². The third-order valence-corrected chi connectivity index (χ3v) is 4.41. The predicted octanol–water partition coefficient (Wildman–Crippen LogP) is 3.83. The minimum absolute atomic E-state index is 0.325. The number of hydrogen-bond donors (Lipinski definition) is 2. The largest absolute Gasteiger partial charge is 0.478 e. The second-order valence-corrected chi connectivity index (χ2v) is 6.15. The molecule has 0 saturated heterocycles. The van der Waals surface area contributed by atoms with Crippen molar-refractivity contribution in [2.75, 3.05) is 6.26 Å². The maximum atomic E-state index is 10.8. The number of carboxylic acid groups (broad SMARTS) is 1. The molecule has 3 nitrogen and oxygen atoms in total. The summed E-state index contributed by atoms with van der Waals surface area (Å²) < 4.78 is 0. The Morgan fingerprint density at radius 2 is 1.86 bits per heavy atom. The minimum Gasteiger partial charge on any atom is -0.478 e. The van der Waals surface area contributed by atoms with Crippen molar-refractivity contribution < 1.29 is 9.90 Å². The topological polar surface area (TPSA) is 49.3 Å². The summed E-state index contributed by atoms with van der Waals surface area (Å²) in [5.41, 5.74) is 2.77. The zero-order chi connectivity index (χ0) is 15.9. The molecule has 0 aliphatic heterocycles. The highest BCUT2D eigenvalue weighted by molar-refractivity contribution is 7.98. The van der Waals surface area contributed by atoms with Gasteiger partial charge in [-0.1, -0.05) is 30.3 Å². The first-order chi connectivity index (χ1) is 10.6. The van der Waals surface area contributed by atoms with E-state index in [1.807, 2.05) is 12.1 Å². The van der Waals surface area contributed by atoms with Crippen molar-refractivity contribution in [1.82, 2.24) is 5.32 Å². The van der Waals surface area contributed by atoms with E-state index in [2.05, 4.69) is 42.8 Å². The molecule has 0 aliphatic carbocycles. The Kier molecular flexibility index (Phi) is 6.04. The number of rotatable bonds is 7. The SMILES string of the molecule is CSc1ccccc1CC(C)NCc1ccc(C(=O)O)cc1. The normalized spacial score (nSPS) is 12.1. The summed E-state index contributed by atoms with van der Waals surface area (Å²) in [6, 6.07) is 15.8. The van der Waals surface area contributed by atoms with E-state index in [0.29, 0.717) is 11.6 Å². The second-order valence-electron chi connectivity index (χ2n) is 5.30. The van der Waals surface area contributed by atoms with Crippen molar-refractivity contribution in [3.63, 3.8) is 0 Å². The van der Waals surface area contributed by atoms with Crippen LogP contribution in [0.1, 0.15) is 28.4 Å². The van der Waals surface area contributed by atoms with Crippen LogP contribution in [0.4, 0.5) is 0 Å². The summed E-state index contributed by atoms with van der Waals surface area (Å²) in [5, 5.41) is 12.4. The molecule has 0 aromatic heterocycles. The number of carbonyl (C=O) groups is 1. The van der Waals surface area contributed by atoms with Crippen LogP contribution in [-0.2, 0) is 13.0 Å². The quantitative estimate of drug-likeness (QED) is 0.763. The van der Waals surface area contributed by atoms with Crippen LogP contribution in [0.2, 0.25) is 0 Å². The van der Waals surface area contributed by atoms with Crippen molar-refractivity contribution >= 4 is 17.7 Å². The van der Waals surface area contributed by atoms with Gasteiger partial charge in [-0.15, -0.1) is 11.8 Å². The van der Waals surface area contributed by atoms with Crippen LogP contribution in [0.5, 0.6) is 0 Å². The predicted molar refractivity (Wildman–Crippen MR) is 91.6 cm³/mol. The molecule has 0 radical (unpaired) electrons. The lowest BCUT2D eigenvalue weighted by atomic mass is 10.1. The first-order valence-electron chi connectivity index (χ1n) is 7.27. The molecular formula is C18H21NO2S. The van der Waals surface area contributed by atoms with Gasteiger partial charge in [-0.2, -0.15) is 0 Å². The third-order valence-electron chi connectivity index (χ3n) is 3.57. The van der Waals surface area contributed by atoms with E-state index in [0.717, 1.165) is 18.5 Å². The van der Waals surface area contributed by atoms with Gasteiger partial charge in [0.15, 0.2) is 0 Å². The van der Waals surface area contributed by atoms with Gasteiger partial charge in [0, 0.05) is 17.5 Å². The summed E-state index contributed by atoms with van der Waals surface area (Å²) >= 11 is 1.77. The molecule has 0 fully saturated rings. The van der Waals surface area contributed by atoms with Crippen LogP contribution < -0.4 is 5.32 Å². The van der Waals surface area contributed by atoms with Crippen LogP contribution in [0.25, 0.3) is 0 Å². The molecule has 2 aromatic rings. The molecule has 22 heavy (non-hydrogen) atoms. The Labute approximate surface area is 135 Å². The van der Waals surface area contributed by atoms with Gasteiger partial charge in [-0.05, 0) is 48.9 Å². The zero-order valence-corrected chi connectivity index (χ0v) is 13.7. The van der Waals surface area contributed by atoms with E-state index in [1.54, 1.807) is 23.9 Å². The summed E-state index contributed by atoms with van der Waals surface area (Å²) in [6.07, 6.45) is 3.07.